The Labute approximate surface area is 140 Å². The van der Waals surface area contributed by atoms with E-state index < -0.39 is 0 Å². The Hall–Kier alpha value is -3.20. The van der Waals surface area contributed by atoms with Gasteiger partial charge in [0.2, 0.25) is 0 Å². The first-order valence-corrected chi connectivity index (χ1v) is 7.33. The van der Waals surface area contributed by atoms with Crippen LogP contribution in [0.3, 0.4) is 0 Å². The van der Waals surface area contributed by atoms with E-state index in [1.54, 1.807) is 12.3 Å². The van der Waals surface area contributed by atoms with Gasteiger partial charge in [0.15, 0.2) is 6.29 Å². The Balaban J connectivity index is 0.00000169. The zero-order valence-electron chi connectivity index (χ0n) is 12.2. The van der Waals surface area contributed by atoms with Gasteiger partial charge in [-0.15, -0.1) is 0 Å². The maximum Gasteiger partial charge on any atom is 0.154 e. The Morgan fingerprint density at radius 1 is 0.917 bits per heavy atom. The predicted octanol–water partition coefficient (Wildman–Crippen LogP) is 5.21. The largest absolute Gasteiger partial charge is 0.507 e. The van der Waals surface area contributed by atoms with Gasteiger partial charge in [0, 0.05) is 11.6 Å². The van der Waals surface area contributed by atoms with E-state index in [1.165, 1.54) is 0 Å². The minimum absolute atomic E-state index is 0. The SMILES string of the molecule is C.O=Cc1c(O)ccc2cc(-c3cccc4ncccc34)ccc12. The summed E-state index contributed by atoms with van der Waals surface area (Å²) in [6, 6.07) is 19.3. The number of benzene rings is 3. The van der Waals surface area contributed by atoms with E-state index in [4.69, 9.17) is 0 Å². The molecule has 0 saturated carbocycles. The molecule has 0 atom stereocenters. The normalized spacial score (nSPS) is 10.5. The zero-order chi connectivity index (χ0) is 15.8. The maximum atomic E-state index is 11.2. The number of nitrogens with zero attached hydrogens (tertiary/aromatic N) is 1. The molecule has 0 saturated heterocycles. The lowest BCUT2D eigenvalue weighted by Crippen LogP contribution is -1.87. The Morgan fingerprint density at radius 3 is 2.62 bits per heavy atom. The topological polar surface area (TPSA) is 50.2 Å². The number of rotatable bonds is 2. The maximum absolute atomic E-state index is 11.2. The van der Waals surface area contributed by atoms with Gasteiger partial charge in [0.1, 0.15) is 5.75 Å². The Kier molecular flexibility index (Phi) is 4.00. The smallest absolute Gasteiger partial charge is 0.154 e. The fourth-order valence-electron chi connectivity index (χ4n) is 2.99. The molecule has 1 N–H and O–H groups in total. The van der Waals surface area contributed by atoms with Gasteiger partial charge in [-0.3, -0.25) is 9.78 Å². The lowest BCUT2D eigenvalue weighted by Gasteiger charge is -2.09. The minimum Gasteiger partial charge on any atom is -0.507 e. The molecule has 0 radical (unpaired) electrons. The highest BCUT2D eigenvalue weighted by molar-refractivity contribution is 6.03. The number of carbonyl (C=O) groups excluding carboxylic acids is 1. The molecule has 3 aromatic carbocycles. The molecule has 0 bridgehead atoms. The van der Waals surface area contributed by atoms with Crippen molar-refractivity contribution in [2.75, 3.05) is 0 Å². The van der Waals surface area contributed by atoms with Crippen LogP contribution in [0.25, 0.3) is 32.8 Å². The summed E-state index contributed by atoms with van der Waals surface area (Å²) in [7, 11) is 0. The van der Waals surface area contributed by atoms with E-state index in [9.17, 15) is 9.90 Å². The lowest BCUT2D eigenvalue weighted by molar-refractivity contribution is 0.112. The highest BCUT2D eigenvalue weighted by Gasteiger charge is 2.09. The molecule has 0 amide bonds. The van der Waals surface area contributed by atoms with Crippen LogP contribution in [0, 0.1) is 0 Å². The quantitative estimate of drug-likeness (QED) is 0.517. The van der Waals surface area contributed by atoms with Crippen molar-refractivity contribution < 1.29 is 9.90 Å². The molecule has 0 unspecified atom stereocenters. The number of hydrogen-bond acceptors (Lipinski definition) is 3. The van der Waals surface area contributed by atoms with E-state index in [-0.39, 0.29) is 13.2 Å². The molecule has 4 rings (SSSR count). The third-order valence-corrected chi connectivity index (χ3v) is 4.11. The van der Waals surface area contributed by atoms with E-state index in [0.717, 1.165) is 32.8 Å². The molecule has 3 nitrogen and oxygen atoms in total. The van der Waals surface area contributed by atoms with Crippen LogP contribution in [0.5, 0.6) is 5.75 Å². The van der Waals surface area contributed by atoms with Gasteiger partial charge in [0.25, 0.3) is 0 Å². The summed E-state index contributed by atoms with van der Waals surface area (Å²) in [5.41, 5.74) is 3.43. The molecule has 3 heteroatoms. The van der Waals surface area contributed by atoms with E-state index in [2.05, 4.69) is 17.1 Å². The Morgan fingerprint density at radius 2 is 1.79 bits per heavy atom. The second-order valence-electron chi connectivity index (χ2n) is 5.43. The second-order valence-corrected chi connectivity index (χ2v) is 5.43. The van der Waals surface area contributed by atoms with Crippen molar-refractivity contribution >= 4 is 28.0 Å². The standard InChI is InChI=1S/C20H13NO2.CH4/c22-12-18-16-8-6-13(11-14(16)7-9-20(18)23)15-3-1-5-19-17(15)4-2-10-21-19;/h1-12,23H;1H4. The molecule has 1 aromatic heterocycles. The van der Waals surface area contributed by atoms with Crippen LogP contribution in [-0.4, -0.2) is 16.4 Å². The van der Waals surface area contributed by atoms with Crippen molar-refractivity contribution in [2.24, 2.45) is 0 Å². The molecule has 118 valence electrons. The zero-order valence-corrected chi connectivity index (χ0v) is 12.2. The summed E-state index contributed by atoms with van der Waals surface area (Å²) in [6.45, 7) is 0. The van der Waals surface area contributed by atoms with Gasteiger partial charge >= 0.3 is 0 Å². The second kappa shape index (κ2) is 6.13. The number of aldehydes is 1. The van der Waals surface area contributed by atoms with Crippen molar-refractivity contribution in [1.82, 2.24) is 4.98 Å². The van der Waals surface area contributed by atoms with Gasteiger partial charge < -0.3 is 5.11 Å². The van der Waals surface area contributed by atoms with Crippen LogP contribution >= 0.6 is 0 Å². The van der Waals surface area contributed by atoms with Crippen LogP contribution in [0.15, 0.2) is 66.9 Å². The van der Waals surface area contributed by atoms with Gasteiger partial charge in [-0.1, -0.05) is 43.8 Å². The number of aromatic nitrogens is 1. The molecule has 0 aliphatic carbocycles. The molecule has 4 aromatic rings. The summed E-state index contributed by atoms with van der Waals surface area (Å²) < 4.78 is 0. The fourth-order valence-corrected chi connectivity index (χ4v) is 2.99. The van der Waals surface area contributed by atoms with Crippen molar-refractivity contribution in [3.8, 4) is 16.9 Å². The van der Waals surface area contributed by atoms with Crippen LogP contribution in [0.4, 0.5) is 0 Å². The highest BCUT2D eigenvalue weighted by atomic mass is 16.3. The Bertz CT molecular complexity index is 1050. The van der Waals surface area contributed by atoms with Crippen molar-refractivity contribution in [3.05, 3.63) is 72.4 Å². The van der Waals surface area contributed by atoms with Crippen LogP contribution < -0.4 is 0 Å². The summed E-state index contributed by atoms with van der Waals surface area (Å²) >= 11 is 0. The van der Waals surface area contributed by atoms with Gasteiger partial charge in [-0.25, -0.2) is 0 Å². The summed E-state index contributed by atoms with van der Waals surface area (Å²) in [4.78, 5) is 15.6. The predicted molar refractivity (Wildman–Crippen MR) is 98.5 cm³/mol. The number of phenolic OH excluding ortho intramolecular Hbond substituents is 1. The lowest BCUT2D eigenvalue weighted by atomic mass is 9.96. The summed E-state index contributed by atoms with van der Waals surface area (Å²) in [5.74, 6) is 0.00890. The third-order valence-electron chi connectivity index (χ3n) is 4.11. The minimum atomic E-state index is 0. The molecule has 0 aliphatic rings. The first-order valence-electron chi connectivity index (χ1n) is 7.33. The number of hydrogen-bond donors (Lipinski definition) is 1. The molecule has 1 heterocycles. The van der Waals surface area contributed by atoms with Gasteiger partial charge in [-0.05, 0) is 46.2 Å². The molecular formula is C21H17NO2. The van der Waals surface area contributed by atoms with Crippen molar-refractivity contribution in [1.29, 1.82) is 0 Å². The van der Waals surface area contributed by atoms with E-state index in [1.807, 2.05) is 42.5 Å². The summed E-state index contributed by atoms with van der Waals surface area (Å²) in [6.07, 6.45) is 2.48. The highest BCUT2D eigenvalue weighted by Crippen LogP contribution is 2.32. The van der Waals surface area contributed by atoms with Crippen LogP contribution in [0.1, 0.15) is 17.8 Å². The van der Waals surface area contributed by atoms with Crippen molar-refractivity contribution in [3.63, 3.8) is 0 Å². The van der Waals surface area contributed by atoms with Crippen LogP contribution in [0.2, 0.25) is 0 Å². The van der Waals surface area contributed by atoms with Crippen LogP contribution in [-0.2, 0) is 0 Å². The van der Waals surface area contributed by atoms with Crippen molar-refractivity contribution in [2.45, 2.75) is 7.43 Å². The first kappa shape index (κ1) is 15.7. The molecule has 24 heavy (non-hydrogen) atoms. The van der Waals surface area contributed by atoms with Gasteiger partial charge in [0.05, 0.1) is 11.1 Å². The van der Waals surface area contributed by atoms with E-state index >= 15 is 0 Å². The molecule has 0 fully saturated rings. The number of carbonyl (C=O) groups is 1. The average Bonchev–Trinajstić information content (AvgIpc) is 2.61. The monoisotopic (exact) mass is 315 g/mol. The van der Waals surface area contributed by atoms with Gasteiger partial charge in [-0.2, -0.15) is 0 Å². The number of fused-ring (bicyclic) bond motifs is 2. The van der Waals surface area contributed by atoms with E-state index in [0.29, 0.717) is 11.8 Å². The molecule has 0 aliphatic heterocycles. The number of pyridine rings is 1. The number of aromatic hydroxyl groups is 1. The molecular weight excluding hydrogens is 298 g/mol. The average molecular weight is 315 g/mol. The number of phenols is 1. The summed E-state index contributed by atoms with van der Waals surface area (Å²) in [5, 5.41) is 12.6. The fraction of sp³-hybridized carbons (Fsp3) is 0.0476. The first-order chi connectivity index (χ1) is 11.3. The molecule has 0 spiro atoms. The third kappa shape index (κ3) is 2.40.